The molecule has 1 unspecified atom stereocenters. The van der Waals surface area contributed by atoms with E-state index in [1.165, 1.54) is 17.2 Å². The van der Waals surface area contributed by atoms with E-state index in [1.807, 2.05) is 65.6 Å². The van der Waals surface area contributed by atoms with Crippen LogP contribution in [0.15, 0.2) is 103 Å². The van der Waals surface area contributed by atoms with Gasteiger partial charge in [0.25, 0.3) is 0 Å². The molecular weight excluding hydrogens is 453 g/mol. The fourth-order valence-electron chi connectivity index (χ4n) is 4.47. The largest absolute Gasteiger partial charge is 0.463 e. The van der Waals surface area contributed by atoms with Crippen LogP contribution in [0, 0.1) is 0 Å². The Morgan fingerprint density at radius 1 is 0.886 bits per heavy atom. The van der Waals surface area contributed by atoms with Crippen LogP contribution >= 0.6 is 7.14 Å². The summed E-state index contributed by atoms with van der Waals surface area (Å²) in [6, 6.07) is 28.5. The van der Waals surface area contributed by atoms with Gasteiger partial charge in [-0.3, -0.25) is 0 Å². The van der Waals surface area contributed by atoms with Gasteiger partial charge in [-0.15, -0.1) is 0 Å². The lowest BCUT2D eigenvalue weighted by Crippen LogP contribution is -2.34. The molecule has 0 aromatic heterocycles. The molecular formula is C30H32NO3P. The van der Waals surface area contributed by atoms with Crippen molar-refractivity contribution in [2.24, 2.45) is 0 Å². The predicted octanol–water partition coefficient (Wildman–Crippen LogP) is 6.77. The number of carbonyl (C=O) groups excluding carboxylic acids is 1. The van der Waals surface area contributed by atoms with Crippen LogP contribution in [0.5, 0.6) is 0 Å². The number of esters is 1. The summed E-state index contributed by atoms with van der Waals surface area (Å²) in [5.74, 6) is -0.739. The lowest BCUT2D eigenvalue weighted by Gasteiger charge is -2.38. The van der Waals surface area contributed by atoms with Crippen LogP contribution in [-0.2, 0) is 26.9 Å². The molecule has 0 saturated heterocycles. The molecule has 0 saturated carbocycles. The topological polar surface area (TPSA) is 46.6 Å². The highest BCUT2D eigenvalue weighted by atomic mass is 31.2. The van der Waals surface area contributed by atoms with Crippen molar-refractivity contribution in [3.8, 4) is 0 Å². The van der Waals surface area contributed by atoms with Crippen LogP contribution in [-0.4, -0.2) is 30.7 Å². The minimum Gasteiger partial charge on any atom is -0.463 e. The molecule has 1 atom stereocenters. The molecule has 3 aromatic rings. The molecule has 1 aliphatic rings. The molecule has 0 radical (unpaired) electrons. The first-order valence-corrected chi connectivity index (χ1v) is 14.3. The first kappa shape index (κ1) is 24.8. The molecule has 1 heterocycles. The molecule has 4 nitrogen and oxygen atoms in total. The minimum absolute atomic E-state index is 0.315. The zero-order valence-electron chi connectivity index (χ0n) is 20.1. The monoisotopic (exact) mass is 485 g/mol. The molecule has 180 valence electrons. The van der Waals surface area contributed by atoms with Crippen LogP contribution in [0.25, 0.3) is 6.08 Å². The third kappa shape index (κ3) is 6.41. The van der Waals surface area contributed by atoms with Crippen LogP contribution in [0.3, 0.4) is 0 Å². The molecule has 0 bridgehead atoms. The molecule has 1 aliphatic heterocycles. The standard InChI is InChI=1S/C30H32NO3P/c1-2-34-30(32)19-22-31-28-16-10-9-15-27(28)17-18-29(31)35(33,23-20-25-11-5-3-6-12-25)24-21-26-13-7-4-8-14-26/h3-19,22,29H,2,20-21,23-24H2,1H3/b22-19+. The van der Waals surface area contributed by atoms with E-state index in [-0.39, 0.29) is 5.78 Å². The van der Waals surface area contributed by atoms with Gasteiger partial charge < -0.3 is 14.2 Å². The number of carbonyl (C=O) groups is 1. The Morgan fingerprint density at radius 2 is 1.46 bits per heavy atom. The smallest absolute Gasteiger partial charge is 0.332 e. The second kappa shape index (κ2) is 11.9. The maximum atomic E-state index is 14.9. The summed E-state index contributed by atoms with van der Waals surface area (Å²) in [5.41, 5.74) is 4.35. The van der Waals surface area contributed by atoms with Gasteiger partial charge >= 0.3 is 5.97 Å². The Morgan fingerprint density at radius 3 is 2.06 bits per heavy atom. The van der Waals surface area contributed by atoms with Crippen LogP contribution in [0.4, 0.5) is 5.69 Å². The number of hydrogen-bond acceptors (Lipinski definition) is 4. The zero-order valence-corrected chi connectivity index (χ0v) is 21.0. The second-order valence-electron chi connectivity index (χ2n) is 8.68. The van der Waals surface area contributed by atoms with Gasteiger partial charge in [0, 0.05) is 30.3 Å². The highest BCUT2D eigenvalue weighted by Gasteiger charge is 2.37. The van der Waals surface area contributed by atoms with Gasteiger partial charge in [-0.2, -0.15) is 0 Å². The van der Waals surface area contributed by atoms with Gasteiger partial charge in [-0.25, -0.2) is 4.79 Å². The summed E-state index contributed by atoms with van der Waals surface area (Å²) in [6.45, 7) is 2.10. The number of hydrogen-bond donors (Lipinski definition) is 0. The number of rotatable bonds is 10. The maximum Gasteiger partial charge on any atom is 0.332 e. The highest BCUT2D eigenvalue weighted by Crippen LogP contribution is 2.56. The number of anilines is 1. The Balaban J connectivity index is 1.68. The fourth-order valence-corrected chi connectivity index (χ4v) is 7.56. The van der Waals surface area contributed by atoms with Gasteiger partial charge in [0.15, 0.2) is 0 Å². The number of benzene rings is 3. The van der Waals surface area contributed by atoms with E-state index in [1.54, 1.807) is 13.1 Å². The van der Waals surface area contributed by atoms with Gasteiger partial charge in [-0.1, -0.05) is 91.0 Å². The molecule has 3 aromatic carbocycles. The summed E-state index contributed by atoms with van der Waals surface area (Å²) < 4.78 is 20.0. The van der Waals surface area contributed by atoms with Crippen molar-refractivity contribution in [2.45, 2.75) is 25.5 Å². The van der Waals surface area contributed by atoms with E-state index < -0.39 is 13.1 Å². The Hall–Kier alpha value is -3.36. The van der Waals surface area contributed by atoms with Gasteiger partial charge in [0.05, 0.1) is 6.61 Å². The van der Waals surface area contributed by atoms with Crippen molar-refractivity contribution >= 4 is 24.9 Å². The molecule has 0 spiro atoms. The molecule has 4 rings (SSSR count). The van der Waals surface area contributed by atoms with Crippen molar-refractivity contribution in [3.05, 3.63) is 120 Å². The van der Waals surface area contributed by atoms with Gasteiger partial charge in [-0.05, 0) is 42.5 Å². The van der Waals surface area contributed by atoms with Gasteiger partial charge in [0.1, 0.15) is 12.9 Å². The van der Waals surface area contributed by atoms with Crippen molar-refractivity contribution in [1.29, 1.82) is 0 Å². The van der Waals surface area contributed by atoms with E-state index >= 15 is 0 Å². The van der Waals surface area contributed by atoms with E-state index in [0.29, 0.717) is 18.9 Å². The predicted molar refractivity (Wildman–Crippen MR) is 145 cm³/mol. The lowest BCUT2D eigenvalue weighted by atomic mass is 10.1. The molecule has 0 amide bonds. The fraction of sp³-hybridized carbons (Fsp3) is 0.233. The van der Waals surface area contributed by atoms with E-state index in [0.717, 1.165) is 24.1 Å². The lowest BCUT2D eigenvalue weighted by molar-refractivity contribution is -0.137. The Labute approximate surface area is 208 Å². The number of nitrogens with zero attached hydrogens (tertiary/aromatic N) is 1. The maximum absolute atomic E-state index is 14.9. The van der Waals surface area contributed by atoms with Crippen LogP contribution < -0.4 is 4.90 Å². The number of aryl methyl sites for hydroxylation is 2. The van der Waals surface area contributed by atoms with Gasteiger partial charge in [0.2, 0.25) is 0 Å². The first-order valence-electron chi connectivity index (χ1n) is 12.2. The number of para-hydroxylation sites is 1. The summed E-state index contributed by atoms with van der Waals surface area (Å²) >= 11 is 0. The molecule has 5 heteroatoms. The summed E-state index contributed by atoms with van der Waals surface area (Å²) in [5, 5.41) is 0. The van der Waals surface area contributed by atoms with Crippen LogP contribution in [0.2, 0.25) is 0 Å². The van der Waals surface area contributed by atoms with Crippen molar-refractivity contribution < 1.29 is 14.1 Å². The molecule has 0 N–H and O–H groups in total. The van der Waals surface area contributed by atoms with E-state index in [4.69, 9.17) is 4.74 Å². The molecule has 0 aliphatic carbocycles. The number of ether oxygens (including phenoxy) is 1. The SMILES string of the molecule is CCOC(=O)/C=C/N1c2ccccc2C=CC1P(=O)(CCc1ccccc1)CCc1ccccc1. The van der Waals surface area contributed by atoms with Crippen LogP contribution in [0.1, 0.15) is 23.6 Å². The molecule has 0 fully saturated rings. The summed E-state index contributed by atoms with van der Waals surface area (Å²) in [7, 11) is -2.78. The molecule has 35 heavy (non-hydrogen) atoms. The average Bonchev–Trinajstić information content (AvgIpc) is 2.90. The van der Waals surface area contributed by atoms with E-state index in [2.05, 4.69) is 36.4 Å². The average molecular weight is 486 g/mol. The second-order valence-corrected chi connectivity index (χ2v) is 12.0. The van der Waals surface area contributed by atoms with Crippen molar-refractivity contribution in [3.63, 3.8) is 0 Å². The zero-order chi connectivity index (χ0) is 24.5. The first-order chi connectivity index (χ1) is 17.1. The van der Waals surface area contributed by atoms with Crippen molar-refractivity contribution in [1.82, 2.24) is 0 Å². The van der Waals surface area contributed by atoms with Crippen molar-refractivity contribution in [2.75, 3.05) is 23.8 Å². The highest BCUT2D eigenvalue weighted by molar-refractivity contribution is 7.65. The third-order valence-electron chi connectivity index (χ3n) is 6.33. The van der Waals surface area contributed by atoms with E-state index in [9.17, 15) is 9.36 Å². The normalized spacial score (nSPS) is 15.2. The number of fused-ring (bicyclic) bond motifs is 1. The summed E-state index contributed by atoms with van der Waals surface area (Å²) in [6.07, 6.45) is 9.95. The Bertz CT molecular complexity index is 1170. The quantitative estimate of drug-likeness (QED) is 0.181. The minimum atomic E-state index is -2.78. The third-order valence-corrected chi connectivity index (χ3v) is 9.68. The summed E-state index contributed by atoms with van der Waals surface area (Å²) in [4.78, 5) is 14.2. The Kier molecular flexibility index (Phi) is 8.39.